The minimum atomic E-state index is -3.08. The number of hydrogen-bond donors (Lipinski definition) is 1. The van der Waals surface area contributed by atoms with Gasteiger partial charge in [-0.25, -0.2) is 8.42 Å². The van der Waals surface area contributed by atoms with Crippen molar-refractivity contribution >= 4 is 20.6 Å². The largest absolute Gasteiger partial charge is 0.497 e. The first kappa shape index (κ1) is 16.1. The maximum Gasteiger partial charge on any atom is 0.148 e. The van der Waals surface area contributed by atoms with E-state index in [4.69, 9.17) is 10.5 Å². The standard InChI is InChI=1S/C12H19NO4S2/c1-17-11-5-3-4-10(8-11)12(13)9-18(14)6-7-19(2,15)16/h3-5,8,12H,6-7,9,13H2,1-2H3. The SMILES string of the molecule is COc1cccc(C(N)CS(=O)CCS(C)(=O)=O)c1. The Morgan fingerprint density at radius 2 is 2.11 bits per heavy atom. The van der Waals surface area contributed by atoms with Gasteiger partial charge in [-0.1, -0.05) is 12.1 Å². The van der Waals surface area contributed by atoms with E-state index in [9.17, 15) is 12.6 Å². The van der Waals surface area contributed by atoms with Crippen molar-refractivity contribution in [3.8, 4) is 5.75 Å². The summed E-state index contributed by atoms with van der Waals surface area (Å²) in [5.74, 6) is 0.971. The lowest BCUT2D eigenvalue weighted by Crippen LogP contribution is -2.22. The quantitative estimate of drug-likeness (QED) is 0.792. The highest BCUT2D eigenvalue weighted by molar-refractivity contribution is 7.92. The van der Waals surface area contributed by atoms with Gasteiger partial charge in [-0.2, -0.15) is 0 Å². The first-order valence-corrected chi connectivity index (χ1v) is 9.29. The van der Waals surface area contributed by atoms with Crippen LogP contribution in [0.1, 0.15) is 11.6 Å². The van der Waals surface area contributed by atoms with Gasteiger partial charge >= 0.3 is 0 Å². The van der Waals surface area contributed by atoms with Crippen LogP contribution in [0.3, 0.4) is 0 Å². The lowest BCUT2D eigenvalue weighted by Gasteiger charge is -2.12. The summed E-state index contributed by atoms with van der Waals surface area (Å²) in [4.78, 5) is 0. The number of benzene rings is 1. The number of nitrogens with two attached hydrogens (primary N) is 1. The van der Waals surface area contributed by atoms with Crippen LogP contribution in [0.15, 0.2) is 24.3 Å². The molecule has 0 aliphatic carbocycles. The summed E-state index contributed by atoms with van der Waals surface area (Å²) in [6.07, 6.45) is 1.13. The van der Waals surface area contributed by atoms with Gasteiger partial charge in [0, 0.05) is 34.6 Å². The monoisotopic (exact) mass is 305 g/mol. The zero-order chi connectivity index (χ0) is 14.5. The molecule has 0 aromatic heterocycles. The average molecular weight is 305 g/mol. The highest BCUT2D eigenvalue weighted by atomic mass is 32.2. The molecule has 0 spiro atoms. The molecule has 2 N–H and O–H groups in total. The molecular formula is C12H19NO4S2. The third-order valence-electron chi connectivity index (χ3n) is 2.57. The van der Waals surface area contributed by atoms with E-state index in [0.29, 0.717) is 5.75 Å². The van der Waals surface area contributed by atoms with Crippen molar-refractivity contribution in [3.05, 3.63) is 29.8 Å². The van der Waals surface area contributed by atoms with E-state index in [1.165, 1.54) is 0 Å². The first-order chi connectivity index (χ1) is 8.81. The summed E-state index contributed by atoms with van der Waals surface area (Å²) >= 11 is 0. The fourth-order valence-electron chi connectivity index (χ4n) is 1.50. The second kappa shape index (κ2) is 7.02. The lowest BCUT2D eigenvalue weighted by molar-refractivity contribution is 0.414. The molecule has 0 amide bonds. The minimum Gasteiger partial charge on any atom is -0.497 e. The lowest BCUT2D eigenvalue weighted by atomic mass is 10.1. The predicted octanol–water partition coefficient (Wildman–Crippen LogP) is 0.488. The van der Waals surface area contributed by atoms with Gasteiger partial charge in [0.1, 0.15) is 15.6 Å². The molecule has 1 aromatic rings. The van der Waals surface area contributed by atoms with E-state index in [-0.39, 0.29) is 17.3 Å². The summed E-state index contributed by atoms with van der Waals surface area (Å²) in [5, 5.41) is 0. The first-order valence-electron chi connectivity index (χ1n) is 5.74. The van der Waals surface area contributed by atoms with Crippen molar-refractivity contribution in [1.29, 1.82) is 0 Å². The van der Waals surface area contributed by atoms with Crippen molar-refractivity contribution < 1.29 is 17.4 Å². The van der Waals surface area contributed by atoms with Gasteiger partial charge in [0.25, 0.3) is 0 Å². The molecule has 0 saturated carbocycles. The van der Waals surface area contributed by atoms with Crippen LogP contribution in [0.2, 0.25) is 0 Å². The van der Waals surface area contributed by atoms with Crippen LogP contribution < -0.4 is 10.5 Å². The second-order valence-corrected chi connectivity index (χ2v) is 8.20. The molecule has 5 nitrogen and oxygen atoms in total. The Kier molecular flexibility index (Phi) is 5.96. The van der Waals surface area contributed by atoms with Crippen molar-refractivity contribution in [3.63, 3.8) is 0 Å². The van der Waals surface area contributed by atoms with E-state index in [2.05, 4.69) is 0 Å². The molecule has 0 aliphatic heterocycles. The maximum absolute atomic E-state index is 11.8. The summed E-state index contributed by atoms with van der Waals surface area (Å²) in [5.41, 5.74) is 6.79. The van der Waals surface area contributed by atoms with E-state index in [0.717, 1.165) is 11.8 Å². The van der Waals surface area contributed by atoms with Crippen LogP contribution in [0, 0.1) is 0 Å². The van der Waals surface area contributed by atoms with Crippen LogP contribution in [-0.4, -0.2) is 43.3 Å². The third-order valence-corrected chi connectivity index (χ3v) is 5.16. The van der Waals surface area contributed by atoms with E-state index in [1.807, 2.05) is 12.1 Å². The van der Waals surface area contributed by atoms with Crippen molar-refractivity contribution in [2.24, 2.45) is 5.73 Å². The molecule has 1 aromatic carbocycles. The molecule has 1 rings (SSSR count). The Balaban J connectivity index is 2.58. The normalized spacial score (nSPS) is 14.9. The van der Waals surface area contributed by atoms with Crippen LogP contribution in [0.4, 0.5) is 0 Å². The molecule has 0 fully saturated rings. The number of methoxy groups -OCH3 is 1. The van der Waals surface area contributed by atoms with Gasteiger partial charge in [0.15, 0.2) is 0 Å². The fraction of sp³-hybridized carbons (Fsp3) is 0.500. The van der Waals surface area contributed by atoms with Crippen molar-refractivity contribution in [1.82, 2.24) is 0 Å². The Bertz CT molecular complexity index is 542. The molecular weight excluding hydrogens is 286 g/mol. The second-order valence-electron chi connectivity index (χ2n) is 4.32. The topological polar surface area (TPSA) is 86.5 Å². The number of sulfone groups is 1. The zero-order valence-electron chi connectivity index (χ0n) is 11.0. The summed E-state index contributed by atoms with van der Waals surface area (Å²) < 4.78 is 38.8. The predicted molar refractivity (Wildman–Crippen MR) is 77.5 cm³/mol. The number of hydrogen-bond acceptors (Lipinski definition) is 5. The molecule has 19 heavy (non-hydrogen) atoms. The molecule has 0 bridgehead atoms. The van der Waals surface area contributed by atoms with E-state index >= 15 is 0 Å². The molecule has 108 valence electrons. The van der Waals surface area contributed by atoms with Gasteiger partial charge in [-0.05, 0) is 17.7 Å². The molecule has 0 radical (unpaired) electrons. The fourth-order valence-corrected chi connectivity index (χ4v) is 4.21. The smallest absolute Gasteiger partial charge is 0.148 e. The van der Waals surface area contributed by atoms with Gasteiger partial charge in [-0.15, -0.1) is 0 Å². The van der Waals surface area contributed by atoms with Crippen molar-refractivity contribution in [2.75, 3.05) is 30.6 Å². The molecule has 2 atom stereocenters. The van der Waals surface area contributed by atoms with Gasteiger partial charge in [-0.3, -0.25) is 4.21 Å². The van der Waals surface area contributed by atoms with Crippen LogP contribution >= 0.6 is 0 Å². The Hall–Kier alpha value is -0.920. The summed E-state index contributed by atoms with van der Waals surface area (Å²) in [6, 6.07) is 6.85. The molecule has 2 unspecified atom stereocenters. The number of ether oxygens (including phenoxy) is 1. The highest BCUT2D eigenvalue weighted by Gasteiger charge is 2.13. The van der Waals surface area contributed by atoms with Gasteiger partial charge in [0.05, 0.1) is 12.9 Å². The van der Waals surface area contributed by atoms with Crippen molar-refractivity contribution in [2.45, 2.75) is 6.04 Å². The van der Waals surface area contributed by atoms with Gasteiger partial charge < -0.3 is 10.5 Å². The number of rotatable bonds is 7. The molecule has 7 heteroatoms. The zero-order valence-corrected chi connectivity index (χ0v) is 12.7. The highest BCUT2D eigenvalue weighted by Crippen LogP contribution is 2.18. The average Bonchev–Trinajstić information content (AvgIpc) is 2.35. The summed E-state index contributed by atoms with van der Waals surface area (Å²) in [7, 11) is -2.77. The molecule has 0 heterocycles. The van der Waals surface area contributed by atoms with Crippen LogP contribution in [0.5, 0.6) is 5.75 Å². The Morgan fingerprint density at radius 3 is 2.68 bits per heavy atom. The molecule has 0 aliphatic rings. The Labute approximate surface area is 116 Å². The van der Waals surface area contributed by atoms with Crippen LogP contribution in [0.25, 0.3) is 0 Å². The summed E-state index contributed by atoms with van der Waals surface area (Å²) in [6.45, 7) is 0. The maximum atomic E-state index is 11.8. The van der Waals surface area contributed by atoms with E-state index in [1.54, 1.807) is 19.2 Å². The van der Waals surface area contributed by atoms with Crippen LogP contribution in [-0.2, 0) is 20.6 Å². The van der Waals surface area contributed by atoms with E-state index < -0.39 is 26.7 Å². The third kappa shape index (κ3) is 6.17. The Morgan fingerprint density at radius 1 is 1.42 bits per heavy atom. The van der Waals surface area contributed by atoms with Gasteiger partial charge in [0.2, 0.25) is 0 Å². The molecule has 0 saturated heterocycles. The minimum absolute atomic E-state index is 0.0789.